The van der Waals surface area contributed by atoms with E-state index in [0.29, 0.717) is 40.6 Å². The molecule has 3 aliphatic rings. The number of nitrogens with zero attached hydrogens (tertiary/aromatic N) is 2. The average Bonchev–Trinajstić information content (AvgIpc) is 3.60. The molecule has 0 aromatic heterocycles. The van der Waals surface area contributed by atoms with Crippen molar-refractivity contribution in [3.63, 3.8) is 0 Å². The number of carbonyl (C=O) groups is 1. The molecule has 0 radical (unpaired) electrons. The van der Waals surface area contributed by atoms with Crippen molar-refractivity contribution in [2.75, 3.05) is 7.05 Å². The number of hydrogen-bond acceptors (Lipinski definition) is 5. The average molecular weight is 556 g/mol. The van der Waals surface area contributed by atoms with Crippen LogP contribution in [0.15, 0.2) is 74.0 Å². The van der Waals surface area contributed by atoms with Crippen LogP contribution in [0, 0.1) is 5.92 Å². The summed E-state index contributed by atoms with van der Waals surface area (Å²) in [6.45, 7) is 3.59. The molecule has 0 saturated heterocycles. The van der Waals surface area contributed by atoms with Crippen molar-refractivity contribution < 1.29 is 23.8 Å². The number of aliphatic hydroxyl groups excluding tert-OH is 1. The summed E-state index contributed by atoms with van der Waals surface area (Å²) in [7, 11) is 1.42. The van der Waals surface area contributed by atoms with E-state index in [-0.39, 0.29) is 17.9 Å². The van der Waals surface area contributed by atoms with Gasteiger partial charge in [0.25, 0.3) is 6.43 Å². The number of halogens is 4. The van der Waals surface area contributed by atoms with Crippen molar-refractivity contribution in [3.8, 4) is 0 Å². The van der Waals surface area contributed by atoms with Gasteiger partial charge in [0.15, 0.2) is 6.29 Å². The van der Waals surface area contributed by atoms with E-state index in [2.05, 4.69) is 10.4 Å². The first kappa shape index (κ1) is 29.3. The van der Waals surface area contributed by atoms with Crippen LogP contribution in [0.3, 0.4) is 0 Å². The number of amides is 1. The summed E-state index contributed by atoms with van der Waals surface area (Å²) in [6, 6.07) is 0. The van der Waals surface area contributed by atoms with Crippen LogP contribution in [-0.4, -0.2) is 52.1 Å². The quantitative estimate of drug-likeness (QED) is 0.253. The molecule has 202 valence electrons. The molecule has 0 aromatic carbocycles. The molecule has 0 spiro atoms. The molecule has 6 nitrogen and oxygen atoms in total. The van der Waals surface area contributed by atoms with Crippen molar-refractivity contribution >= 4 is 34.8 Å². The predicted molar refractivity (Wildman–Crippen MR) is 143 cm³/mol. The largest absolute Gasteiger partial charge is 0.364 e. The summed E-state index contributed by atoms with van der Waals surface area (Å²) in [6.07, 6.45) is 9.29. The second-order valence-electron chi connectivity index (χ2n) is 9.53. The first-order valence-electron chi connectivity index (χ1n) is 12.2. The molecule has 1 heterocycles. The van der Waals surface area contributed by atoms with Gasteiger partial charge in [0.1, 0.15) is 5.70 Å². The van der Waals surface area contributed by atoms with Gasteiger partial charge in [0.05, 0.1) is 10.1 Å². The van der Waals surface area contributed by atoms with E-state index in [1.807, 2.05) is 19.1 Å². The highest BCUT2D eigenvalue weighted by molar-refractivity contribution is 6.44. The number of aliphatic hydroxyl groups is 2. The van der Waals surface area contributed by atoms with Gasteiger partial charge in [-0.05, 0) is 50.2 Å². The van der Waals surface area contributed by atoms with Gasteiger partial charge in [-0.3, -0.25) is 9.80 Å². The van der Waals surface area contributed by atoms with Crippen molar-refractivity contribution in [1.82, 2.24) is 10.3 Å². The van der Waals surface area contributed by atoms with E-state index in [0.717, 1.165) is 23.4 Å². The molecular formula is C27H33Cl2F2N3O3. The van der Waals surface area contributed by atoms with Crippen LogP contribution in [-0.2, 0) is 4.79 Å². The zero-order valence-corrected chi connectivity index (χ0v) is 22.7. The minimum absolute atomic E-state index is 0.00988. The lowest BCUT2D eigenvalue weighted by molar-refractivity contribution is -0.119. The Morgan fingerprint density at radius 1 is 1.24 bits per heavy atom. The maximum Gasteiger partial charge on any atom is 0.280 e. The van der Waals surface area contributed by atoms with Crippen LogP contribution in [0.4, 0.5) is 8.78 Å². The van der Waals surface area contributed by atoms with Crippen molar-refractivity contribution in [1.29, 1.82) is 0 Å². The van der Waals surface area contributed by atoms with Crippen LogP contribution in [0.5, 0.6) is 0 Å². The summed E-state index contributed by atoms with van der Waals surface area (Å²) < 4.78 is 28.0. The minimum Gasteiger partial charge on any atom is -0.364 e. The van der Waals surface area contributed by atoms with Crippen LogP contribution in [0.1, 0.15) is 52.4 Å². The van der Waals surface area contributed by atoms with Crippen LogP contribution in [0.2, 0.25) is 0 Å². The predicted octanol–water partition coefficient (Wildman–Crippen LogP) is 5.65. The van der Waals surface area contributed by atoms with E-state index in [1.165, 1.54) is 7.05 Å². The smallest absolute Gasteiger partial charge is 0.280 e. The number of hydrazone groups is 1. The summed E-state index contributed by atoms with van der Waals surface area (Å²) in [5, 5.41) is 28.1. The molecule has 2 aliphatic carbocycles. The Labute approximate surface area is 226 Å². The topological polar surface area (TPSA) is 85.2 Å². The molecule has 10 heteroatoms. The zero-order valence-electron chi connectivity index (χ0n) is 21.1. The lowest BCUT2D eigenvalue weighted by Crippen LogP contribution is -2.44. The molecular weight excluding hydrogens is 523 g/mol. The van der Waals surface area contributed by atoms with E-state index in [1.54, 1.807) is 31.2 Å². The Kier molecular flexibility index (Phi) is 9.92. The highest BCUT2D eigenvalue weighted by Gasteiger charge is 2.48. The monoisotopic (exact) mass is 555 g/mol. The molecule has 1 atom stereocenters. The van der Waals surface area contributed by atoms with Gasteiger partial charge in [-0.1, -0.05) is 60.5 Å². The summed E-state index contributed by atoms with van der Waals surface area (Å²) in [5.41, 5.74) is 0.752. The lowest BCUT2D eigenvalue weighted by Gasteiger charge is -2.29. The van der Waals surface area contributed by atoms with Gasteiger partial charge in [0.2, 0.25) is 5.91 Å². The number of carbonyl (C=O) groups excluding carboxylic acids is 1. The van der Waals surface area contributed by atoms with Crippen molar-refractivity contribution in [2.45, 2.75) is 70.6 Å². The van der Waals surface area contributed by atoms with E-state index >= 15 is 0 Å². The molecule has 1 unspecified atom stereocenters. The molecule has 3 N–H and O–H groups in total. The Hall–Kier alpha value is -2.26. The molecule has 1 saturated carbocycles. The van der Waals surface area contributed by atoms with Gasteiger partial charge >= 0.3 is 0 Å². The molecule has 3 rings (SSSR count). The van der Waals surface area contributed by atoms with Gasteiger partial charge in [-0.2, -0.15) is 5.10 Å². The Morgan fingerprint density at radius 2 is 1.92 bits per heavy atom. The van der Waals surface area contributed by atoms with Crippen LogP contribution < -0.4 is 5.32 Å². The summed E-state index contributed by atoms with van der Waals surface area (Å²) in [4.78, 5) is 13.4. The van der Waals surface area contributed by atoms with Crippen LogP contribution >= 0.6 is 23.2 Å². The molecule has 1 aliphatic heterocycles. The summed E-state index contributed by atoms with van der Waals surface area (Å²) in [5.74, 6) is -0.702. The van der Waals surface area contributed by atoms with E-state index < -0.39 is 29.9 Å². The molecule has 37 heavy (non-hydrogen) atoms. The minimum atomic E-state index is -2.87. The molecule has 1 fully saturated rings. The highest BCUT2D eigenvalue weighted by atomic mass is 35.5. The first-order chi connectivity index (χ1) is 17.5. The third-order valence-electron chi connectivity index (χ3n) is 6.89. The van der Waals surface area contributed by atoms with E-state index in [4.69, 9.17) is 23.2 Å². The number of hydrogen-bond donors (Lipinski definition) is 3. The normalized spacial score (nSPS) is 24.2. The highest BCUT2D eigenvalue weighted by Crippen LogP contribution is 2.44. The Morgan fingerprint density at radius 3 is 2.51 bits per heavy atom. The Balaban J connectivity index is 1.79. The fraction of sp³-hybridized carbons (Fsp3) is 0.481. The Bertz CT molecular complexity index is 1120. The number of rotatable bonds is 9. The third kappa shape index (κ3) is 7.41. The second-order valence-corrected chi connectivity index (χ2v) is 10.3. The SMILES string of the molecule is C/C=C(\C=C/C(C)C1(NC(=O)C2=C(C(F)F)N(C)N=C(CC3=C/CCC=C(Cl)/C(Cl)=C\3)C2)CC1)C(O)O. The van der Waals surface area contributed by atoms with Gasteiger partial charge < -0.3 is 15.5 Å². The second kappa shape index (κ2) is 12.5. The van der Waals surface area contributed by atoms with Crippen LogP contribution in [0.25, 0.3) is 0 Å². The standard InChI is InChI=1S/C27H33Cl2F2N3O3/c1-4-18(26(36)37)10-9-16(2)27(11-12-27)32-25(35)20-15-19(33-34(3)23(20)24(30)31)13-17-7-5-6-8-21(28)22(29)14-17/h4,7-10,14,16,24,26,36-37H,5-6,11-13,15H2,1-3H3,(H,32,35)/b10-9-,17-7-,18-4+,21-8?,22-14+. The van der Waals surface area contributed by atoms with E-state index in [9.17, 15) is 23.8 Å². The number of alkyl halides is 2. The van der Waals surface area contributed by atoms with Gasteiger partial charge in [-0.15, -0.1) is 0 Å². The van der Waals surface area contributed by atoms with Gasteiger partial charge in [-0.25, -0.2) is 8.78 Å². The number of nitrogens with one attached hydrogen (secondary N) is 1. The third-order valence-corrected chi connectivity index (χ3v) is 7.66. The zero-order chi connectivity index (χ0) is 27.3. The van der Waals surface area contributed by atoms with Crippen molar-refractivity contribution in [3.05, 3.63) is 68.9 Å². The lowest BCUT2D eigenvalue weighted by atomic mass is 9.94. The summed E-state index contributed by atoms with van der Waals surface area (Å²) >= 11 is 12.4. The molecule has 0 aromatic rings. The first-order valence-corrected chi connectivity index (χ1v) is 13.0. The number of allylic oxidation sites excluding steroid dienone is 8. The maximum absolute atomic E-state index is 14.0. The van der Waals surface area contributed by atoms with Gasteiger partial charge in [0, 0.05) is 42.3 Å². The van der Waals surface area contributed by atoms with Crippen molar-refractivity contribution in [2.24, 2.45) is 11.0 Å². The fourth-order valence-electron chi connectivity index (χ4n) is 4.49. The maximum atomic E-state index is 14.0. The fourth-order valence-corrected chi connectivity index (χ4v) is 4.87. The molecule has 1 amide bonds. The molecule has 0 bridgehead atoms.